The lowest BCUT2D eigenvalue weighted by atomic mass is 10.0. The summed E-state index contributed by atoms with van der Waals surface area (Å²) in [5, 5.41) is 16.1. The van der Waals surface area contributed by atoms with E-state index in [0.717, 1.165) is 5.69 Å². The van der Waals surface area contributed by atoms with Crippen LogP contribution in [0, 0.1) is 13.8 Å². The standard InChI is InChI=1S/C19H25N3O6/c1-11-19(12(2)22(3)21-11)28-10-17(23)20-14(9-18(24)25)13-6-7-15(26-4)16(8-13)27-5/h6-8,14H,9-10H2,1-5H3,(H,20,23)(H,24,25). The molecule has 1 aromatic carbocycles. The van der Waals surface area contributed by atoms with Crippen molar-refractivity contribution < 1.29 is 28.9 Å². The van der Waals surface area contributed by atoms with E-state index in [9.17, 15) is 14.7 Å². The molecule has 9 nitrogen and oxygen atoms in total. The lowest BCUT2D eigenvalue weighted by molar-refractivity contribution is -0.137. The fourth-order valence-electron chi connectivity index (χ4n) is 2.83. The molecule has 0 spiro atoms. The third kappa shape index (κ3) is 4.93. The van der Waals surface area contributed by atoms with Crippen LogP contribution in [0.4, 0.5) is 0 Å². The topological polar surface area (TPSA) is 112 Å². The van der Waals surface area contributed by atoms with Crippen LogP contribution in [0.15, 0.2) is 18.2 Å². The number of aliphatic carboxylic acids is 1. The van der Waals surface area contributed by atoms with Crippen LogP contribution in [0.2, 0.25) is 0 Å². The largest absolute Gasteiger partial charge is 0.493 e. The van der Waals surface area contributed by atoms with Crippen molar-refractivity contribution in [1.82, 2.24) is 15.1 Å². The van der Waals surface area contributed by atoms with E-state index in [1.54, 1.807) is 36.9 Å². The Morgan fingerprint density at radius 2 is 1.89 bits per heavy atom. The lowest BCUT2D eigenvalue weighted by Crippen LogP contribution is -2.34. The van der Waals surface area contributed by atoms with E-state index in [4.69, 9.17) is 14.2 Å². The van der Waals surface area contributed by atoms with Gasteiger partial charge in [0.25, 0.3) is 5.91 Å². The second-order valence-corrected chi connectivity index (χ2v) is 6.24. The molecule has 0 saturated heterocycles. The number of aryl methyl sites for hydroxylation is 2. The van der Waals surface area contributed by atoms with E-state index >= 15 is 0 Å². The number of carboxylic acids is 1. The zero-order valence-corrected chi connectivity index (χ0v) is 16.6. The molecule has 0 saturated carbocycles. The van der Waals surface area contributed by atoms with Gasteiger partial charge in [0, 0.05) is 7.05 Å². The number of aromatic nitrogens is 2. The van der Waals surface area contributed by atoms with Crippen molar-refractivity contribution in [3.63, 3.8) is 0 Å². The lowest BCUT2D eigenvalue weighted by Gasteiger charge is -2.19. The van der Waals surface area contributed by atoms with Crippen molar-refractivity contribution in [3.05, 3.63) is 35.2 Å². The van der Waals surface area contributed by atoms with Gasteiger partial charge in [-0.3, -0.25) is 14.3 Å². The molecule has 0 aliphatic carbocycles. The third-order valence-electron chi connectivity index (χ3n) is 4.31. The summed E-state index contributed by atoms with van der Waals surface area (Å²) in [4.78, 5) is 23.6. The summed E-state index contributed by atoms with van der Waals surface area (Å²) in [7, 11) is 4.78. The van der Waals surface area contributed by atoms with Crippen LogP contribution in [-0.4, -0.2) is 47.6 Å². The predicted molar refractivity (Wildman–Crippen MR) is 101 cm³/mol. The molecule has 0 fully saturated rings. The molecule has 1 atom stereocenters. The smallest absolute Gasteiger partial charge is 0.305 e. The Labute approximate surface area is 163 Å². The van der Waals surface area contributed by atoms with Crippen LogP contribution in [0.1, 0.15) is 29.4 Å². The number of carbonyl (C=O) groups is 2. The van der Waals surface area contributed by atoms with E-state index in [1.165, 1.54) is 14.2 Å². The predicted octanol–water partition coefficient (Wildman–Crippen LogP) is 1.77. The van der Waals surface area contributed by atoms with Crippen molar-refractivity contribution >= 4 is 11.9 Å². The van der Waals surface area contributed by atoms with Crippen molar-refractivity contribution in [2.75, 3.05) is 20.8 Å². The van der Waals surface area contributed by atoms with E-state index in [1.807, 2.05) is 6.92 Å². The fraction of sp³-hybridized carbons (Fsp3) is 0.421. The molecule has 1 unspecified atom stereocenters. The number of methoxy groups -OCH3 is 2. The molecule has 0 aliphatic rings. The molecule has 28 heavy (non-hydrogen) atoms. The van der Waals surface area contributed by atoms with Crippen LogP contribution in [0.3, 0.4) is 0 Å². The first kappa shape index (κ1) is 21.1. The van der Waals surface area contributed by atoms with Gasteiger partial charge in [0.1, 0.15) is 5.69 Å². The first-order valence-electron chi connectivity index (χ1n) is 8.62. The monoisotopic (exact) mass is 391 g/mol. The van der Waals surface area contributed by atoms with Gasteiger partial charge >= 0.3 is 5.97 Å². The number of nitrogens with one attached hydrogen (secondary N) is 1. The first-order valence-corrected chi connectivity index (χ1v) is 8.62. The number of hydrogen-bond donors (Lipinski definition) is 2. The molecule has 152 valence electrons. The van der Waals surface area contributed by atoms with Gasteiger partial charge < -0.3 is 24.6 Å². The molecular weight excluding hydrogens is 366 g/mol. The Kier molecular flexibility index (Phi) is 6.86. The summed E-state index contributed by atoms with van der Waals surface area (Å²) in [6.45, 7) is 3.37. The van der Waals surface area contributed by atoms with E-state index < -0.39 is 17.9 Å². The Morgan fingerprint density at radius 1 is 1.21 bits per heavy atom. The number of rotatable bonds is 9. The molecule has 1 heterocycles. The molecule has 1 aromatic heterocycles. The SMILES string of the molecule is COc1ccc(C(CC(=O)O)NC(=O)COc2c(C)nn(C)c2C)cc1OC. The van der Waals surface area contributed by atoms with Gasteiger partial charge in [-0.05, 0) is 31.5 Å². The number of benzene rings is 1. The van der Waals surface area contributed by atoms with Gasteiger partial charge in [-0.15, -0.1) is 0 Å². The van der Waals surface area contributed by atoms with Crippen molar-refractivity contribution in [3.8, 4) is 17.2 Å². The first-order chi connectivity index (χ1) is 13.3. The van der Waals surface area contributed by atoms with Crippen LogP contribution < -0.4 is 19.5 Å². The molecule has 0 aliphatic heterocycles. The zero-order chi connectivity index (χ0) is 20.8. The highest BCUT2D eigenvalue weighted by Gasteiger charge is 2.21. The second-order valence-electron chi connectivity index (χ2n) is 6.24. The minimum Gasteiger partial charge on any atom is -0.493 e. The number of hydrogen-bond acceptors (Lipinski definition) is 6. The molecule has 2 aromatic rings. The summed E-state index contributed by atoms with van der Waals surface area (Å²) in [5.74, 6) is 0.0159. The van der Waals surface area contributed by atoms with Crippen LogP contribution in [0.25, 0.3) is 0 Å². The zero-order valence-electron chi connectivity index (χ0n) is 16.6. The number of carbonyl (C=O) groups excluding carboxylic acids is 1. The Hall–Kier alpha value is -3.23. The molecule has 0 bridgehead atoms. The number of amides is 1. The van der Waals surface area contributed by atoms with Crippen LogP contribution in [-0.2, 0) is 16.6 Å². The Bertz CT molecular complexity index is 862. The summed E-state index contributed by atoms with van der Waals surface area (Å²) in [6.07, 6.45) is -0.286. The molecular formula is C19H25N3O6. The van der Waals surface area contributed by atoms with Crippen LogP contribution >= 0.6 is 0 Å². The van der Waals surface area contributed by atoms with Crippen LogP contribution in [0.5, 0.6) is 17.2 Å². The van der Waals surface area contributed by atoms with E-state index in [2.05, 4.69) is 10.4 Å². The second kappa shape index (κ2) is 9.12. The fourth-order valence-corrected chi connectivity index (χ4v) is 2.83. The number of carboxylic acid groups (broad SMARTS) is 1. The maximum Gasteiger partial charge on any atom is 0.305 e. The minimum absolute atomic E-state index is 0.253. The van der Waals surface area contributed by atoms with E-state index in [-0.39, 0.29) is 13.0 Å². The van der Waals surface area contributed by atoms with Gasteiger partial charge in [-0.25, -0.2) is 0 Å². The molecule has 1 amide bonds. The summed E-state index contributed by atoms with van der Waals surface area (Å²) in [6, 6.07) is 4.24. The van der Waals surface area contributed by atoms with Gasteiger partial charge in [-0.1, -0.05) is 6.07 Å². The Balaban J connectivity index is 2.13. The molecule has 0 radical (unpaired) electrons. The maximum absolute atomic E-state index is 12.4. The minimum atomic E-state index is -1.04. The number of ether oxygens (including phenoxy) is 3. The van der Waals surface area contributed by atoms with Crippen molar-refractivity contribution in [2.24, 2.45) is 7.05 Å². The summed E-state index contributed by atoms with van der Waals surface area (Å²) < 4.78 is 17.7. The Morgan fingerprint density at radius 3 is 2.43 bits per heavy atom. The highest BCUT2D eigenvalue weighted by molar-refractivity contribution is 5.79. The van der Waals surface area contributed by atoms with Gasteiger partial charge in [0.05, 0.1) is 32.4 Å². The highest BCUT2D eigenvalue weighted by Crippen LogP contribution is 2.31. The van der Waals surface area contributed by atoms with Crippen molar-refractivity contribution in [2.45, 2.75) is 26.3 Å². The maximum atomic E-state index is 12.4. The van der Waals surface area contributed by atoms with E-state index in [0.29, 0.717) is 28.5 Å². The molecule has 2 N–H and O–H groups in total. The third-order valence-corrected chi connectivity index (χ3v) is 4.31. The molecule has 2 rings (SSSR count). The average molecular weight is 391 g/mol. The summed E-state index contributed by atoms with van der Waals surface area (Å²) >= 11 is 0. The normalized spacial score (nSPS) is 11.6. The summed E-state index contributed by atoms with van der Waals surface area (Å²) in [5.41, 5.74) is 2.06. The van der Waals surface area contributed by atoms with Gasteiger partial charge in [-0.2, -0.15) is 5.10 Å². The molecule has 9 heteroatoms. The van der Waals surface area contributed by atoms with Gasteiger partial charge in [0.15, 0.2) is 23.9 Å². The van der Waals surface area contributed by atoms with Crippen molar-refractivity contribution in [1.29, 1.82) is 0 Å². The average Bonchev–Trinajstić information content (AvgIpc) is 2.90. The number of nitrogens with zero attached hydrogens (tertiary/aromatic N) is 2. The highest BCUT2D eigenvalue weighted by atomic mass is 16.5. The van der Waals surface area contributed by atoms with Gasteiger partial charge in [0.2, 0.25) is 0 Å². The quantitative estimate of drug-likeness (QED) is 0.670.